The molecule has 0 aliphatic heterocycles. The number of rotatable bonds is 4. The predicted molar refractivity (Wildman–Crippen MR) is 74.8 cm³/mol. The van der Waals surface area contributed by atoms with Crippen LogP contribution in [0.2, 0.25) is 5.02 Å². The van der Waals surface area contributed by atoms with Gasteiger partial charge in [-0.15, -0.1) is 0 Å². The third-order valence-corrected chi connectivity index (χ3v) is 3.37. The molecule has 0 aliphatic rings. The second kappa shape index (κ2) is 6.01. The number of nitrogens with two attached hydrogens (primary N) is 1. The summed E-state index contributed by atoms with van der Waals surface area (Å²) in [4.78, 5) is 0. The highest BCUT2D eigenvalue weighted by Gasteiger charge is 2.23. The van der Waals surface area contributed by atoms with Gasteiger partial charge in [0.25, 0.3) is 0 Å². The molecule has 2 atom stereocenters. The second-order valence-corrected chi connectivity index (χ2v) is 4.62. The van der Waals surface area contributed by atoms with Crippen molar-refractivity contribution in [1.29, 1.82) is 0 Å². The molecule has 0 bridgehead atoms. The first-order valence-electron chi connectivity index (χ1n) is 5.91. The smallest absolute Gasteiger partial charge is 0.0771 e. The van der Waals surface area contributed by atoms with E-state index in [1.807, 2.05) is 54.6 Å². The van der Waals surface area contributed by atoms with Gasteiger partial charge in [0.05, 0.1) is 6.10 Å². The van der Waals surface area contributed by atoms with E-state index in [0.29, 0.717) is 5.02 Å². The molecule has 0 saturated heterocycles. The van der Waals surface area contributed by atoms with Crippen LogP contribution >= 0.6 is 11.6 Å². The Morgan fingerprint density at radius 1 is 1.00 bits per heavy atom. The maximum absolute atomic E-state index is 10.2. The highest BCUT2D eigenvalue weighted by Crippen LogP contribution is 2.32. The first-order valence-corrected chi connectivity index (χ1v) is 6.29. The molecule has 0 fully saturated rings. The van der Waals surface area contributed by atoms with E-state index in [-0.39, 0.29) is 12.5 Å². The standard InChI is InChI=1S/C15H16ClNO/c16-13-9-5-4-8-12(13)15(14(18)10-17)11-6-2-1-3-7-11/h1-9,14-15,18H,10,17H2. The van der Waals surface area contributed by atoms with E-state index >= 15 is 0 Å². The molecule has 0 saturated carbocycles. The van der Waals surface area contributed by atoms with E-state index in [9.17, 15) is 5.11 Å². The molecule has 2 aromatic carbocycles. The second-order valence-electron chi connectivity index (χ2n) is 4.21. The highest BCUT2D eigenvalue weighted by molar-refractivity contribution is 6.31. The Morgan fingerprint density at radius 2 is 1.61 bits per heavy atom. The van der Waals surface area contributed by atoms with Crippen molar-refractivity contribution in [3.8, 4) is 0 Å². The SMILES string of the molecule is NCC(O)C(c1ccccc1)c1ccccc1Cl. The Balaban J connectivity index is 2.47. The molecule has 3 N–H and O–H groups in total. The van der Waals surface area contributed by atoms with Crippen molar-refractivity contribution in [2.45, 2.75) is 12.0 Å². The summed E-state index contributed by atoms with van der Waals surface area (Å²) < 4.78 is 0. The monoisotopic (exact) mass is 261 g/mol. The van der Waals surface area contributed by atoms with Gasteiger partial charge in [-0.1, -0.05) is 60.1 Å². The molecule has 0 aliphatic carbocycles. The van der Waals surface area contributed by atoms with Crippen molar-refractivity contribution in [2.75, 3.05) is 6.54 Å². The first kappa shape index (κ1) is 13.1. The maximum Gasteiger partial charge on any atom is 0.0771 e. The summed E-state index contributed by atoms with van der Waals surface area (Å²) in [6.07, 6.45) is -0.646. The molecule has 0 spiro atoms. The van der Waals surface area contributed by atoms with Gasteiger partial charge in [0.15, 0.2) is 0 Å². The van der Waals surface area contributed by atoms with Crippen molar-refractivity contribution in [2.24, 2.45) is 5.73 Å². The summed E-state index contributed by atoms with van der Waals surface area (Å²) in [5.41, 5.74) is 7.53. The Hall–Kier alpha value is -1.35. The lowest BCUT2D eigenvalue weighted by atomic mass is 9.86. The minimum Gasteiger partial charge on any atom is -0.391 e. The van der Waals surface area contributed by atoms with Gasteiger partial charge in [0, 0.05) is 17.5 Å². The average molecular weight is 262 g/mol. The van der Waals surface area contributed by atoms with E-state index in [4.69, 9.17) is 17.3 Å². The normalized spacial score (nSPS) is 14.2. The van der Waals surface area contributed by atoms with Gasteiger partial charge in [-0.25, -0.2) is 0 Å². The molecule has 3 heteroatoms. The lowest BCUT2D eigenvalue weighted by Crippen LogP contribution is -2.28. The van der Waals surface area contributed by atoms with Crippen LogP contribution in [0.3, 0.4) is 0 Å². The molecule has 2 aromatic rings. The quantitative estimate of drug-likeness (QED) is 0.889. The number of benzene rings is 2. The molecule has 18 heavy (non-hydrogen) atoms. The molecule has 2 rings (SSSR count). The van der Waals surface area contributed by atoms with Gasteiger partial charge < -0.3 is 10.8 Å². The van der Waals surface area contributed by atoms with Crippen LogP contribution in [0.5, 0.6) is 0 Å². The molecule has 2 nitrogen and oxygen atoms in total. The zero-order chi connectivity index (χ0) is 13.0. The molecule has 0 radical (unpaired) electrons. The lowest BCUT2D eigenvalue weighted by Gasteiger charge is -2.23. The van der Waals surface area contributed by atoms with Crippen LogP contribution in [0.25, 0.3) is 0 Å². The average Bonchev–Trinajstić information content (AvgIpc) is 2.42. The molecule has 0 heterocycles. The van der Waals surface area contributed by atoms with Gasteiger partial charge in [-0.2, -0.15) is 0 Å². The van der Waals surface area contributed by atoms with Crippen LogP contribution in [-0.4, -0.2) is 17.8 Å². The highest BCUT2D eigenvalue weighted by atomic mass is 35.5. The summed E-state index contributed by atoms with van der Waals surface area (Å²) in [6, 6.07) is 17.4. The topological polar surface area (TPSA) is 46.2 Å². The van der Waals surface area contributed by atoms with E-state index in [1.165, 1.54) is 0 Å². The first-order chi connectivity index (χ1) is 8.74. The zero-order valence-corrected chi connectivity index (χ0v) is 10.7. The lowest BCUT2D eigenvalue weighted by molar-refractivity contribution is 0.165. The van der Waals surface area contributed by atoms with Gasteiger partial charge in [0.2, 0.25) is 0 Å². The van der Waals surface area contributed by atoms with Crippen molar-refractivity contribution in [1.82, 2.24) is 0 Å². The van der Waals surface area contributed by atoms with Crippen LogP contribution in [0, 0.1) is 0 Å². The summed E-state index contributed by atoms with van der Waals surface area (Å²) in [6.45, 7) is 0.199. The molecular formula is C15H16ClNO. The van der Waals surface area contributed by atoms with Crippen molar-refractivity contribution >= 4 is 11.6 Å². The minimum absolute atomic E-state index is 0.190. The van der Waals surface area contributed by atoms with E-state index < -0.39 is 6.10 Å². The van der Waals surface area contributed by atoms with Crippen LogP contribution in [-0.2, 0) is 0 Å². The molecule has 2 unspecified atom stereocenters. The van der Waals surface area contributed by atoms with Gasteiger partial charge in [-0.05, 0) is 17.2 Å². The number of aliphatic hydroxyl groups is 1. The fourth-order valence-corrected chi connectivity index (χ4v) is 2.39. The Labute approximate surface area is 112 Å². The number of hydrogen-bond acceptors (Lipinski definition) is 2. The zero-order valence-electron chi connectivity index (χ0n) is 9.96. The molecule has 0 amide bonds. The fourth-order valence-electron chi connectivity index (χ4n) is 2.13. The Bertz CT molecular complexity index is 501. The van der Waals surface area contributed by atoms with Crippen molar-refractivity contribution in [3.63, 3.8) is 0 Å². The van der Waals surface area contributed by atoms with E-state index in [0.717, 1.165) is 11.1 Å². The fraction of sp³-hybridized carbons (Fsp3) is 0.200. The van der Waals surface area contributed by atoms with Gasteiger partial charge >= 0.3 is 0 Å². The van der Waals surface area contributed by atoms with Crippen molar-refractivity contribution in [3.05, 3.63) is 70.7 Å². The van der Waals surface area contributed by atoms with Gasteiger partial charge in [0.1, 0.15) is 0 Å². The summed E-state index contributed by atoms with van der Waals surface area (Å²) >= 11 is 6.22. The number of aliphatic hydroxyl groups excluding tert-OH is 1. The summed E-state index contributed by atoms with van der Waals surface area (Å²) in [7, 11) is 0. The van der Waals surface area contributed by atoms with Crippen LogP contribution in [0.1, 0.15) is 17.0 Å². The number of halogens is 1. The minimum atomic E-state index is -0.646. The molecule has 0 aromatic heterocycles. The number of hydrogen-bond donors (Lipinski definition) is 2. The molecular weight excluding hydrogens is 246 g/mol. The van der Waals surface area contributed by atoms with E-state index in [2.05, 4.69) is 0 Å². The maximum atomic E-state index is 10.2. The Kier molecular flexibility index (Phi) is 4.37. The molecule has 94 valence electrons. The Morgan fingerprint density at radius 3 is 2.22 bits per heavy atom. The van der Waals surface area contributed by atoms with Crippen molar-refractivity contribution < 1.29 is 5.11 Å². The third kappa shape index (κ3) is 2.72. The predicted octanol–water partition coefficient (Wildman–Crippen LogP) is 2.79. The van der Waals surface area contributed by atoms with E-state index in [1.54, 1.807) is 0 Å². The largest absolute Gasteiger partial charge is 0.391 e. The summed E-state index contributed by atoms with van der Waals surface area (Å²) in [5, 5.41) is 10.8. The van der Waals surface area contributed by atoms with Crippen LogP contribution in [0.4, 0.5) is 0 Å². The van der Waals surface area contributed by atoms with Gasteiger partial charge in [-0.3, -0.25) is 0 Å². The summed E-state index contributed by atoms with van der Waals surface area (Å²) in [5.74, 6) is -0.190. The third-order valence-electron chi connectivity index (χ3n) is 3.03. The van der Waals surface area contributed by atoms with Crippen LogP contribution in [0.15, 0.2) is 54.6 Å². The van der Waals surface area contributed by atoms with Crippen LogP contribution < -0.4 is 5.73 Å².